The van der Waals surface area contributed by atoms with Gasteiger partial charge in [0.15, 0.2) is 0 Å². The predicted octanol–water partition coefficient (Wildman–Crippen LogP) is 6.46. The van der Waals surface area contributed by atoms with Gasteiger partial charge in [-0.25, -0.2) is 9.69 Å². The van der Waals surface area contributed by atoms with E-state index in [2.05, 4.69) is 5.32 Å². The van der Waals surface area contributed by atoms with Crippen LogP contribution in [0, 0.1) is 6.92 Å². The van der Waals surface area contributed by atoms with Gasteiger partial charge >= 0.3 is 5.97 Å². The summed E-state index contributed by atoms with van der Waals surface area (Å²) in [6, 6.07) is 24.1. The van der Waals surface area contributed by atoms with E-state index in [1.54, 1.807) is 61.5 Å². The molecule has 0 aromatic heterocycles. The number of anilines is 2. The van der Waals surface area contributed by atoms with Gasteiger partial charge < -0.3 is 10.1 Å². The SMILES string of the molecule is Cc1cc(Cl)ccc1OC(=O)c1ccc(NC2=C(Cl)C(=O)N(c3cccc4ccccc34)C2=O)cc1. The lowest BCUT2D eigenvalue weighted by Gasteiger charge is -2.17. The van der Waals surface area contributed by atoms with E-state index >= 15 is 0 Å². The quantitative estimate of drug-likeness (QED) is 0.187. The average Bonchev–Trinajstić information content (AvgIpc) is 3.08. The molecule has 0 atom stereocenters. The lowest BCUT2D eigenvalue weighted by Crippen LogP contribution is -2.32. The van der Waals surface area contributed by atoms with E-state index in [0.29, 0.717) is 27.7 Å². The summed E-state index contributed by atoms with van der Waals surface area (Å²) in [5.41, 5.74) is 1.93. The number of hydrogen-bond donors (Lipinski definition) is 1. The van der Waals surface area contributed by atoms with Crippen molar-refractivity contribution in [3.05, 3.63) is 112 Å². The van der Waals surface area contributed by atoms with Gasteiger partial charge in [0, 0.05) is 16.1 Å². The van der Waals surface area contributed by atoms with Crippen LogP contribution >= 0.6 is 23.2 Å². The summed E-state index contributed by atoms with van der Waals surface area (Å²) in [4.78, 5) is 39.8. The van der Waals surface area contributed by atoms with Crippen molar-refractivity contribution >= 4 is 63.1 Å². The Morgan fingerprint density at radius 3 is 2.33 bits per heavy atom. The molecule has 4 aromatic carbocycles. The molecular weight excluding hydrogens is 499 g/mol. The van der Waals surface area contributed by atoms with E-state index in [9.17, 15) is 14.4 Å². The molecular formula is C28H18Cl2N2O4. The molecule has 0 saturated carbocycles. The van der Waals surface area contributed by atoms with Gasteiger partial charge in [0.25, 0.3) is 11.8 Å². The maximum Gasteiger partial charge on any atom is 0.343 e. The summed E-state index contributed by atoms with van der Waals surface area (Å²) >= 11 is 12.2. The molecule has 178 valence electrons. The van der Waals surface area contributed by atoms with Crippen molar-refractivity contribution in [2.45, 2.75) is 6.92 Å². The molecule has 6 nitrogen and oxygen atoms in total. The third kappa shape index (κ3) is 4.33. The van der Waals surface area contributed by atoms with Crippen LogP contribution in [0.15, 0.2) is 95.7 Å². The number of ether oxygens (including phenoxy) is 1. The highest BCUT2D eigenvalue weighted by Crippen LogP contribution is 2.34. The number of esters is 1. The molecule has 2 amide bonds. The fourth-order valence-electron chi connectivity index (χ4n) is 3.95. The van der Waals surface area contributed by atoms with Gasteiger partial charge in [-0.05, 0) is 66.4 Å². The number of hydrogen-bond acceptors (Lipinski definition) is 5. The lowest BCUT2D eigenvalue weighted by molar-refractivity contribution is -0.120. The maximum atomic E-state index is 13.2. The Bertz CT molecular complexity index is 1570. The predicted molar refractivity (Wildman–Crippen MR) is 141 cm³/mol. The van der Waals surface area contributed by atoms with E-state index in [1.807, 2.05) is 30.3 Å². The highest BCUT2D eigenvalue weighted by atomic mass is 35.5. The molecule has 0 spiro atoms. The highest BCUT2D eigenvalue weighted by molar-refractivity contribution is 6.53. The zero-order valence-corrected chi connectivity index (χ0v) is 20.4. The van der Waals surface area contributed by atoms with Gasteiger partial charge in [-0.3, -0.25) is 9.59 Å². The van der Waals surface area contributed by atoms with Crippen molar-refractivity contribution in [2.24, 2.45) is 0 Å². The minimum absolute atomic E-state index is 0.0401. The van der Waals surface area contributed by atoms with Crippen LogP contribution in [-0.2, 0) is 9.59 Å². The summed E-state index contributed by atoms with van der Waals surface area (Å²) in [6.45, 7) is 1.79. The Labute approximate surface area is 216 Å². The van der Waals surface area contributed by atoms with Gasteiger partial charge in [-0.2, -0.15) is 0 Å². The number of fused-ring (bicyclic) bond motifs is 1. The van der Waals surface area contributed by atoms with Gasteiger partial charge in [0.05, 0.1) is 11.3 Å². The summed E-state index contributed by atoms with van der Waals surface area (Å²) in [5, 5.41) is 4.90. The second kappa shape index (κ2) is 9.49. The lowest BCUT2D eigenvalue weighted by atomic mass is 10.1. The fraction of sp³-hybridized carbons (Fsp3) is 0.0357. The first-order chi connectivity index (χ1) is 17.3. The van der Waals surface area contributed by atoms with Crippen molar-refractivity contribution in [1.82, 2.24) is 0 Å². The van der Waals surface area contributed by atoms with Crippen LogP contribution < -0.4 is 15.0 Å². The summed E-state index contributed by atoms with van der Waals surface area (Å²) in [7, 11) is 0. The van der Waals surface area contributed by atoms with Crippen LogP contribution in [0.25, 0.3) is 10.8 Å². The Balaban J connectivity index is 1.34. The molecule has 1 aliphatic heterocycles. The first kappa shape index (κ1) is 23.6. The van der Waals surface area contributed by atoms with Crippen LogP contribution in [0.3, 0.4) is 0 Å². The summed E-state index contributed by atoms with van der Waals surface area (Å²) in [5.74, 6) is -1.31. The number of nitrogens with zero attached hydrogens (tertiary/aromatic N) is 1. The van der Waals surface area contributed by atoms with Crippen LogP contribution in [0.5, 0.6) is 5.75 Å². The number of rotatable bonds is 5. The molecule has 0 fully saturated rings. The number of imide groups is 1. The minimum atomic E-state index is -0.612. The normalized spacial score (nSPS) is 13.5. The van der Waals surface area contributed by atoms with Crippen molar-refractivity contribution in [3.63, 3.8) is 0 Å². The van der Waals surface area contributed by atoms with Crippen LogP contribution in [0.2, 0.25) is 5.02 Å². The fourth-order valence-corrected chi connectivity index (χ4v) is 4.39. The van der Waals surface area contributed by atoms with E-state index in [4.69, 9.17) is 27.9 Å². The topological polar surface area (TPSA) is 75.7 Å². The van der Waals surface area contributed by atoms with Gasteiger partial charge in [-0.1, -0.05) is 59.6 Å². The first-order valence-electron chi connectivity index (χ1n) is 11.0. The van der Waals surface area contributed by atoms with E-state index in [-0.39, 0.29) is 10.7 Å². The van der Waals surface area contributed by atoms with E-state index in [0.717, 1.165) is 21.2 Å². The van der Waals surface area contributed by atoms with E-state index in [1.165, 1.54) is 0 Å². The van der Waals surface area contributed by atoms with Crippen molar-refractivity contribution in [3.8, 4) is 5.75 Å². The molecule has 5 rings (SSSR count). The molecule has 4 aromatic rings. The number of halogens is 2. The molecule has 0 saturated heterocycles. The standard InChI is InChI=1S/C28H18Cl2N2O4/c1-16-15-19(29)11-14-23(16)36-28(35)18-9-12-20(13-10-18)31-25-24(30)26(33)32(27(25)34)22-8-4-6-17-5-2-3-7-21(17)22/h2-15,31H,1H3. The van der Waals surface area contributed by atoms with Gasteiger partial charge in [0.2, 0.25) is 0 Å². The Morgan fingerprint density at radius 1 is 0.861 bits per heavy atom. The Hall–Kier alpha value is -4.13. The molecule has 0 radical (unpaired) electrons. The van der Waals surface area contributed by atoms with Crippen molar-refractivity contribution in [2.75, 3.05) is 10.2 Å². The zero-order chi connectivity index (χ0) is 25.4. The Morgan fingerprint density at radius 2 is 1.58 bits per heavy atom. The number of nitrogens with one attached hydrogen (secondary N) is 1. The monoisotopic (exact) mass is 516 g/mol. The molecule has 36 heavy (non-hydrogen) atoms. The average molecular weight is 517 g/mol. The smallest absolute Gasteiger partial charge is 0.343 e. The second-order valence-electron chi connectivity index (χ2n) is 8.13. The molecule has 0 aliphatic carbocycles. The summed E-state index contributed by atoms with van der Waals surface area (Å²) < 4.78 is 5.45. The van der Waals surface area contributed by atoms with E-state index < -0.39 is 17.8 Å². The minimum Gasteiger partial charge on any atom is -0.423 e. The number of aryl methyl sites for hydroxylation is 1. The molecule has 0 unspecified atom stereocenters. The highest BCUT2D eigenvalue weighted by Gasteiger charge is 2.39. The number of amides is 2. The molecule has 8 heteroatoms. The van der Waals surface area contributed by atoms with Gasteiger partial charge in [-0.15, -0.1) is 0 Å². The largest absolute Gasteiger partial charge is 0.423 e. The van der Waals surface area contributed by atoms with Crippen molar-refractivity contribution < 1.29 is 19.1 Å². The number of carbonyl (C=O) groups is 3. The third-order valence-electron chi connectivity index (χ3n) is 5.76. The van der Waals surface area contributed by atoms with Crippen molar-refractivity contribution in [1.29, 1.82) is 0 Å². The third-order valence-corrected chi connectivity index (χ3v) is 6.35. The maximum absolute atomic E-state index is 13.2. The second-order valence-corrected chi connectivity index (χ2v) is 8.95. The number of carbonyl (C=O) groups excluding carboxylic acids is 3. The Kier molecular flexibility index (Phi) is 6.22. The molecule has 1 N–H and O–H groups in total. The number of benzene rings is 4. The first-order valence-corrected chi connectivity index (χ1v) is 11.7. The molecule has 0 bridgehead atoms. The van der Waals surface area contributed by atoms with Gasteiger partial charge in [0.1, 0.15) is 16.5 Å². The van der Waals surface area contributed by atoms with Crippen LogP contribution in [-0.4, -0.2) is 17.8 Å². The summed E-state index contributed by atoms with van der Waals surface area (Å²) in [6.07, 6.45) is 0. The molecule has 1 aliphatic rings. The van der Waals surface area contributed by atoms with Crippen LogP contribution in [0.1, 0.15) is 15.9 Å². The zero-order valence-electron chi connectivity index (χ0n) is 18.9. The van der Waals surface area contributed by atoms with Crippen LogP contribution in [0.4, 0.5) is 11.4 Å². The molecule has 1 heterocycles.